The van der Waals surface area contributed by atoms with Crippen LogP contribution in [0, 0.1) is 10.1 Å². The molecule has 1 aromatic rings. The fraction of sp³-hybridized carbons (Fsp3) is 0.429. The average molecular weight is 409 g/mol. The lowest BCUT2D eigenvalue weighted by Gasteiger charge is -2.30. The number of ether oxygens (including phenoxy) is 2. The molecule has 1 aromatic carbocycles. The Bertz CT molecular complexity index is 1130. The Morgan fingerprint density at radius 2 is 1.90 bits per heavy atom. The van der Waals surface area contributed by atoms with Gasteiger partial charge in [0.1, 0.15) is 0 Å². The van der Waals surface area contributed by atoms with E-state index in [0.717, 1.165) is 6.07 Å². The Labute approximate surface area is 179 Å². The number of hydrogen-bond donors (Lipinski definition) is 1. The molecule has 1 aliphatic rings. The number of esters is 2. The van der Waals surface area contributed by atoms with Crippen LogP contribution in [0.4, 0.5) is 5.69 Å². The van der Waals surface area contributed by atoms with Gasteiger partial charge in [-0.3, -0.25) is 10.1 Å². The summed E-state index contributed by atoms with van der Waals surface area (Å²) >= 11 is 0. The van der Waals surface area contributed by atoms with Gasteiger partial charge in [0, 0.05) is 30.4 Å². The number of hydrogen-bond acceptors (Lipinski definition) is 7. The topological polar surface area (TPSA) is 108 Å². The summed E-state index contributed by atoms with van der Waals surface area (Å²) in [6.45, 7) is -2.34. The first-order valence-electron chi connectivity index (χ1n) is 12.3. The Morgan fingerprint density at radius 3 is 2.48 bits per heavy atom. The zero-order valence-corrected chi connectivity index (χ0v) is 16.2. The van der Waals surface area contributed by atoms with Crippen molar-refractivity contribution in [3.8, 4) is 0 Å². The molecule has 1 aliphatic heterocycles. The number of nitro benzene ring substituents is 1. The second kappa shape index (κ2) is 9.86. The third kappa shape index (κ3) is 5.01. The van der Waals surface area contributed by atoms with Crippen molar-refractivity contribution in [2.75, 3.05) is 13.2 Å². The number of dihydropyridines is 1. The fourth-order valence-electron chi connectivity index (χ4n) is 3.09. The zero-order valence-electron chi connectivity index (χ0n) is 23.2. The first-order valence-corrected chi connectivity index (χ1v) is 8.79. The molecule has 0 aromatic heterocycles. The van der Waals surface area contributed by atoms with Crippen molar-refractivity contribution >= 4 is 17.6 Å². The minimum Gasteiger partial charge on any atom is -0.462 e. The maximum Gasteiger partial charge on any atom is 0.336 e. The van der Waals surface area contributed by atoms with Gasteiger partial charge in [0.2, 0.25) is 0 Å². The Morgan fingerprint density at radius 1 is 1.24 bits per heavy atom. The van der Waals surface area contributed by atoms with Crippen molar-refractivity contribution < 1.29 is 33.6 Å². The van der Waals surface area contributed by atoms with E-state index < -0.39 is 42.6 Å². The maximum atomic E-state index is 13.3. The molecule has 0 spiro atoms. The minimum atomic E-state index is -3.60. The molecule has 0 aliphatic carbocycles. The Kier molecular flexibility index (Phi) is 4.73. The Hall–Kier alpha value is -3.16. The second-order valence-corrected chi connectivity index (χ2v) is 6.24. The molecule has 0 radical (unpaired) electrons. The highest BCUT2D eigenvalue weighted by atomic mass is 16.6. The molecule has 2 rings (SSSR count). The Balaban J connectivity index is 2.67. The van der Waals surface area contributed by atoms with Crippen LogP contribution < -0.4 is 5.32 Å². The zero-order chi connectivity index (χ0) is 27.6. The molecule has 1 N–H and O–H groups in total. The summed E-state index contributed by atoms with van der Waals surface area (Å²) in [6.07, 6.45) is -3.09. The molecule has 0 amide bonds. The summed E-state index contributed by atoms with van der Waals surface area (Å²) in [5.41, 5.74) is -0.340. The summed E-state index contributed by atoms with van der Waals surface area (Å²) < 4.78 is 63.1. The maximum absolute atomic E-state index is 13.3. The van der Waals surface area contributed by atoms with Gasteiger partial charge in [0.25, 0.3) is 5.69 Å². The van der Waals surface area contributed by atoms with E-state index in [1.807, 2.05) is 0 Å². The number of carbonyl (C=O) groups is 2. The van der Waals surface area contributed by atoms with Crippen LogP contribution in [0.3, 0.4) is 0 Å². The lowest BCUT2D eigenvalue weighted by Crippen LogP contribution is -2.32. The third-order valence-electron chi connectivity index (χ3n) is 4.25. The van der Waals surface area contributed by atoms with Gasteiger partial charge in [0.05, 0.1) is 37.9 Å². The number of nitro groups is 1. The highest BCUT2D eigenvalue weighted by Crippen LogP contribution is 2.40. The second-order valence-electron chi connectivity index (χ2n) is 6.24. The van der Waals surface area contributed by atoms with Gasteiger partial charge in [-0.1, -0.05) is 25.9 Å². The van der Waals surface area contributed by atoms with E-state index in [0.29, 0.717) is 6.42 Å². The molecule has 0 saturated carbocycles. The minimum absolute atomic E-state index is 0.0427. The first kappa shape index (κ1) is 13.9. The smallest absolute Gasteiger partial charge is 0.336 e. The summed E-state index contributed by atoms with van der Waals surface area (Å²) in [5, 5.41) is 14.2. The van der Waals surface area contributed by atoms with Crippen LogP contribution in [-0.2, 0) is 19.1 Å². The van der Waals surface area contributed by atoms with Gasteiger partial charge in [-0.2, -0.15) is 0 Å². The molecule has 8 heteroatoms. The molecular formula is C21H26N2O6. The van der Waals surface area contributed by atoms with E-state index in [-0.39, 0.29) is 40.4 Å². The van der Waals surface area contributed by atoms with Gasteiger partial charge in [0.15, 0.2) is 0 Å². The van der Waals surface area contributed by atoms with Crippen LogP contribution in [0.5, 0.6) is 0 Å². The molecule has 29 heavy (non-hydrogen) atoms. The number of benzene rings is 1. The van der Waals surface area contributed by atoms with Crippen LogP contribution in [0.1, 0.15) is 61.5 Å². The van der Waals surface area contributed by atoms with Crippen LogP contribution in [0.25, 0.3) is 0 Å². The molecule has 0 saturated heterocycles. The van der Waals surface area contributed by atoms with E-state index in [1.165, 1.54) is 32.0 Å². The van der Waals surface area contributed by atoms with Crippen LogP contribution >= 0.6 is 0 Å². The van der Waals surface area contributed by atoms with E-state index >= 15 is 0 Å². The van der Waals surface area contributed by atoms with Gasteiger partial charge < -0.3 is 14.8 Å². The van der Waals surface area contributed by atoms with E-state index in [2.05, 4.69) is 5.32 Å². The number of allylic oxidation sites excluding steroid dienone is 2. The van der Waals surface area contributed by atoms with Crippen molar-refractivity contribution in [2.24, 2.45) is 0 Å². The number of nitrogens with one attached hydrogen (secondary N) is 1. The predicted molar refractivity (Wildman–Crippen MR) is 107 cm³/mol. The number of nitrogens with zero attached hydrogens (tertiary/aromatic N) is 1. The third-order valence-corrected chi connectivity index (χ3v) is 4.25. The predicted octanol–water partition coefficient (Wildman–Crippen LogP) is 3.74. The highest BCUT2D eigenvalue weighted by Gasteiger charge is 2.38. The molecule has 0 fully saturated rings. The summed E-state index contributed by atoms with van der Waals surface area (Å²) in [7, 11) is 0. The number of rotatable bonds is 8. The van der Waals surface area contributed by atoms with Gasteiger partial charge >= 0.3 is 11.9 Å². The molecular weight excluding hydrogens is 376 g/mol. The van der Waals surface area contributed by atoms with Crippen molar-refractivity contribution in [3.63, 3.8) is 0 Å². The first-order chi connectivity index (χ1) is 16.5. The normalized spacial score (nSPS) is 21.3. The van der Waals surface area contributed by atoms with Crippen LogP contribution in [0.2, 0.25) is 0 Å². The van der Waals surface area contributed by atoms with Gasteiger partial charge in [-0.15, -0.1) is 0 Å². The standard InChI is InChI=1S/C21H26N2O6/c1-5-10-28-20(24)17-13(3)22-14(4)18(21(25)29-11-6-2)19(17)15-8-7-9-16(12-15)23(26)27/h7-9,12,19,22H,5-6,10-11H2,1-4H3/i1D3,5D2,10D2. The summed E-state index contributed by atoms with van der Waals surface area (Å²) in [4.78, 5) is 37.0. The van der Waals surface area contributed by atoms with E-state index in [1.54, 1.807) is 6.92 Å². The van der Waals surface area contributed by atoms with Crippen molar-refractivity contribution in [2.45, 2.75) is 46.3 Å². The molecule has 1 unspecified atom stereocenters. The van der Waals surface area contributed by atoms with Crippen LogP contribution in [0.15, 0.2) is 46.8 Å². The fourth-order valence-corrected chi connectivity index (χ4v) is 3.09. The van der Waals surface area contributed by atoms with Gasteiger partial charge in [-0.25, -0.2) is 9.59 Å². The summed E-state index contributed by atoms with van der Waals surface area (Å²) in [5.74, 6) is -3.61. The molecule has 156 valence electrons. The van der Waals surface area contributed by atoms with Crippen LogP contribution in [-0.4, -0.2) is 30.0 Å². The largest absolute Gasteiger partial charge is 0.462 e. The van der Waals surface area contributed by atoms with E-state index in [9.17, 15) is 19.7 Å². The molecule has 8 nitrogen and oxygen atoms in total. The lowest BCUT2D eigenvalue weighted by atomic mass is 9.80. The van der Waals surface area contributed by atoms with Crippen molar-refractivity contribution in [1.82, 2.24) is 5.32 Å². The van der Waals surface area contributed by atoms with Crippen molar-refractivity contribution in [3.05, 3.63) is 62.5 Å². The van der Waals surface area contributed by atoms with E-state index in [4.69, 9.17) is 19.1 Å². The summed E-state index contributed by atoms with van der Waals surface area (Å²) in [6, 6.07) is 5.09. The number of carbonyl (C=O) groups excluding carboxylic acids is 2. The SMILES string of the molecule is [2H]C([2H])([2H])C([2H])([2H])C([2H])([2H])OC(=O)C1=C(C)NC(C)=C(C(=O)OCCC)C1c1cccc([N+](=O)[O-])c1. The monoisotopic (exact) mass is 409 g/mol. The molecule has 0 bridgehead atoms. The molecule has 1 heterocycles. The lowest BCUT2D eigenvalue weighted by molar-refractivity contribution is -0.384. The quantitative estimate of drug-likeness (QED) is 0.396. The number of non-ortho nitro benzene ring substituents is 1. The van der Waals surface area contributed by atoms with Gasteiger partial charge in [-0.05, 0) is 32.2 Å². The highest BCUT2D eigenvalue weighted by molar-refractivity contribution is 5.99. The molecule has 1 atom stereocenters. The van der Waals surface area contributed by atoms with Crippen molar-refractivity contribution in [1.29, 1.82) is 0 Å². The average Bonchev–Trinajstić information content (AvgIpc) is 2.75.